The Morgan fingerprint density at radius 2 is 0.844 bits per heavy atom. The van der Waals surface area contributed by atoms with Gasteiger partial charge in [-0.25, -0.2) is 0 Å². The monoisotopic (exact) mass is 454 g/mol. The molecule has 0 aromatic rings. The highest BCUT2D eigenvalue weighted by molar-refractivity contribution is 5.65. The van der Waals surface area contributed by atoms with Crippen LogP contribution in [0.5, 0.6) is 0 Å². The van der Waals surface area contributed by atoms with Crippen molar-refractivity contribution in [1.29, 1.82) is 0 Å². The number of carbonyl (C=O) groups is 1. The van der Waals surface area contributed by atoms with Gasteiger partial charge >= 0.3 is 5.97 Å². The fourth-order valence-electron chi connectivity index (χ4n) is 4.71. The van der Waals surface area contributed by atoms with Crippen molar-refractivity contribution in [3.8, 4) is 0 Å². The van der Waals surface area contributed by atoms with Crippen molar-refractivity contribution < 1.29 is 14.0 Å². The lowest BCUT2D eigenvalue weighted by Gasteiger charge is -2.34. The van der Waals surface area contributed by atoms with Crippen LogP contribution in [0.4, 0.5) is 0 Å². The first-order valence-electron chi connectivity index (χ1n) is 14.5. The lowest BCUT2D eigenvalue weighted by molar-refractivity contribution is -0.910. The minimum atomic E-state index is -0.144. The van der Waals surface area contributed by atoms with E-state index in [0.717, 1.165) is 11.0 Å². The summed E-state index contributed by atoms with van der Waals surface area (Å²) in [6, 6.07) is 0. The number of quaternary nitrogens is 1. The number of esters is 1. The Balaban J connectivity index is 3.92. The summed E-state index contributed by atoms with van der Waals surface area (Å²) in [4.78, 5) is 11.2. The maximum atomic E-state index is 11.2. The smallest absolute Gasteiger partial charge is 0.302 e. The van der Waals surface area contributed by atoms with E-state index in [2.05, 4.69) is 20.9 Å². The molecular formula is C29H60NO2+. The van der Waals surface area contributed by atoms with E-state index in [4.69, 9.17) is 4.74 Å². The Morgan fingerprint density at radius 1 is 0.531 bits per heavy atom. The number of unbranched alkanes of at least 4 members (excludes halogenated alkanes) is 18. The molecule has 0 N–H and O–H groups in total. The Kier molecular flexibility index (Phi) is 23.2. The molecule has 0 aromatic carbocycles. The van der Waals surface area contributed by atoms with Crippen molar-refractivity contribution in [2.24, 2.45) is 0 Å². The molecular weight excluding hydrogens is 394 g/mol. The Bertz CT molecular complexity index is 373. The van der Waals surface area contributed by atoms with E-state index in [1.165, 1.54) is 148 Å². The minimum absolute atomic E-state index is 0.144. The van der Waals surface area contributed by atoms with Gasteiger partial charge in [0.25, 0.3) is 0 Å². The van der Waals surface area contributed by atoms with Gasteiger partial charge in [0.15, 0.2) is 0 Å². The molecule has 0 unspecified atom stereocenters. The van der Waals surface area contributed by atoms with Gasteiger partial charge in [-0.15, -0.1) is 0 Å². The van der Waals surface area contributed by atoms with Gasteiger partial charge < -0.3 is 9.22 Å². The molecule has 192 valence electrons. The Labute approximate surface area is 202 Å². The summed E-state index contributed by atoms with van der Waals surface area (Å²) >= 11 is 0. The van der Waals surface area contributed by atoms with Gasteiger partial charge in [-0.2, -0.15) is 0 Å². The zero-order valence-corrected chi connectivity index (χ0v) is 22.7. The van der Waals surface area contributed by atoms with Crippen LogP contribution in [0, 0.1) is 0 Å². The van der Waals surface area contributed by atoms with Crippen molar-refractivity contribution >= 4 is 5.97 Å². The van der Waals surface area contributed by atoms with E-state index in [0.29, 0.717) is 6.61 Å². The molecule has 32 heavy (non-hydrogen) atoms. The summed E-state index contributed by atoms with van der Waals surface area (Å²) in [6.45, 7) is 10.1. The maximum Gasteiger partial charge on any atom is 0.302 e. The van der Waals surface area contributed by atoms with Gasteiger partial charge in [0.05, 0.1) is 20.1 Å². The molecule has 0 atom stereocenters. The van der Waals surface area contributed by atoms with Crippen LogP contribution >= 0.6 is 0 Å². The lowest BCUT2D eigenvalue weighted by Crippen LogP contribution is -2.48. The first kappa shape index (κ1) is 31.4. The van der Waals surface area contributed by atoms with E-state index in [9.17, 15) is 4.79 Å². The van der Waals surface area contributed by atoms with Crippen LogP contribution < -0.4 is 0 Å². The predicted octanol–water partition coefficient (Wildman–Crippen LogP) is 8.84. The molecule has 0 amide bonds. The first-order valence-corrected chi connectivity index (χ1v) is 14.5. The van der Waals surface area contributed by atoms with Gasteiger partial charge in [-0.3, -0.25) is 4.79 Å². The summed E-state index contributed by atoms with van der Waals surface area (Å²) in [5.74, 6) is -0.144. The standard InChI is InChI=1S/C29H60NO2/c1-5-7-9-11-13-15-17-19-21-23-25-30(4,27-28-32-29(3)31)26-24-22-20-18-16-14-12-10-8-6-2/h5-28H2,1-4H3/q+1. The average molecular weight is 455 g/mol. The van der Waals surface area contributed by atoms with Crippen LogP contribution in [-0.4, -0.2) is 43.7 Å². The molecule has 0 fully saturated rings. The van der Waals surface area contributed by atoms with Gasteiger partial charge in [0, 0.05) is 6.92 Å². The van der Waals surface area contributed by atoms with Crippen LogP contribution in [-0.2, 0) is 9.53 Å². The summed E-state index contributed by atoms with van der Waals surface area (Å²) < 4.78 is 6.35. The lowest BCUT2D eigenvalue weighted by atomic mass is 10.1. The first-order chi connectivity index (χ1) is 15.5. The van der Waals surface area contributed by atoms with Gasteiger partial charge in [-0.05, 0) is 25.7 Å². The van der Waals surface area contributed by atoms with Crippen molar-refractivity contribution in [3.05, 3.63) is 0 Å². The highest BCUT2D eigenvalue weighted by Gasteiger charge is 2.21. The molecule has 0 aliphatic heterocycles. The zero-order valence-electron chi connectivity index (χ0n) is 22.7. The van der Waals surface area contributed by atoms with E-state index >= 15 is 0 Å². The zero-order chi connectivity index (χ0) is 23.8. The topological polar surface area (TPSA) is 26.3 Å². The molecule has 0 saturated carbocycles. The van der Waals surface area contributed by atoms with E-state index in [1.807, 2.05) is 0 Å². The van der Waals surface area contributed by atoms with Crippen molar-refractivity contribution in [2.75, 3.05) is 33.3 Å². The SMILES string of the molecule is CCCCCCCCCCCC[N+](C)(CCCCCCCCCCCC)CCOC(C)=O. The quantitative estimate of drug-likeness (QED) is 0.0782. The molecule has 0 saturated heterocycles. The van der Waals surface area contributed by atoms with Crippen LogP contribution in [0.3, 0.4) is 0 Å². The molecule has 3 nitrogen and oxygen atoms in total. The number of hydrogen-bond donors (Lipinski definition) is 0. The molecule has 0 rings (SSSR count). The normalized spacial score (nSPS) is 11.8. The van der Waals surface area contributed by atoms with Gasteiger partial charge in [-0.1, -0.05) is 117 Å². The summed E-state index contributed by atoms with van der Waals surface area (Å²) in [7, 11) is 2.38. The number of hydrogen-bond acceptors (Lipinski definition) is 2. The van der Waals surface area contributed by atoms with Crippen LogP contribution in [0.1, 0.15) is 149 Å². The second kappa shape index (κ2) is 23.6. The highest BCUT2D eigenvalue weighted by Crippen LogP contribution is 2.15. The van der Waals surface area contributed by atoms with E-state index < -0.39 is 0 Å². The van der Waals surface area contributed by atoms with Crippen molar-refractivity contribution in [2.45, 2.75) is 149 Å². The molecule has 3 heteroatoms. The van der Waals surface area contributed by atoms with Crippen LogP contribution in [0.25, 0.3) is 0 Å². The molecule has 0 heterocycles. The number of carbonyl (C=O) groups excluding carboxylic acids is 1. The molecule has 0 aliphatic carbocycles. The summed E-state index contributed by atoms with van der Waals surface area (Å²) in [5.41, 5.74) is 0. The Morgan fingerprint density at radius 3 is 1.16 bits per heavy atom. The predicted molar refractivity (Wildman–Crippen MR) is 141 cm³/mol. The third kappa shape index (κ3) is 22.6. The largest absolute Gasteiger partial charge is 0.460 e. The highest BCUT2D eigenvalue weighted by atomic mass is 16.5. The molecule has 0 bridgehead atoms. The number of nitrogens with zero attached hydrogens (tertiary/aromatic N) is 1. The second-order valence-corrected chi connectivity index (χ2v) is 10.5. The Hall–Kier alpha value is -0.570. The van der Waals surface area contributed by atoms with Crippen LogP contribution in [0.15, 0.2) is 0 Å². The van der Waals surface area contributed by atoms with E-state index in [1.54, 1.807) is 0 Å². The second-order valence-electron chi connectivity index (χ2n) is 10.5. The number of rotatable bonds is 25. The fourth-order valence-corrected chi connectivity index (χ4v) is 4.71. The molecule has 0 aromatic heterocycles. The van der Waals surface area contributed by atoms with Crippen LogP contribution in [0.2, 0.25) is 0 Å². The van der Waals surface area contributed by atoms with Gasteiger partial charge in [0.2, 0.25) is 0 Å². The van der Waals surface area contributed by atoms with Crippen molar-refractivity contribution in [1.82, 2.24) is 0 Å². The van der Waals surface area contributed by atoms with Gasteiger partial charge in [0.1, 0.15) is 13.2 Å². The molecule has 0 aliphatic rings. The number of likely N-dealkylation sites (N-methyl/N-ethyl adjacent to an activating group) is 1. The maximum absolute atomic E-state index is 11.2. The average Bonchev–Trinajstić information content (AvgIpc) is 2.76. The summed E-state index contributed by atoms with van der Waals surface area (Å²) in [6.07, 6.45) is 27.8. The third-order valence-electron chi connectivity index (χ3n) is 7.04. The summed E-state index contributed by atoms with van der Waals surface area (Å²) in [5, 5.41) is 0. The molecule has 0 spiro atoms. The minimum Gasteiger partial charge on any atom is -0.460 e. The van der Waals surface area contributed by atoms with Crippen molar-refractivity contribution in [3.63, 3.8) is 0 Å². The van der Waals surface area contributed by atoms with E-state index in [-0.39, 0.29) is 5.97 Å². The third-order valence-corrected chi connectivity index (χ3v) is 7.04. The molecule has 0 radical (unpaired) electrons. The fraction of sp³-hybridized carbons (Fsp3) is 0.966. The number of ether oxygens (including phenoxy) is 1.